The number of fused-ring (bicyclic) bond motifs is 3. The van der Waals surface area contributed by atoms with E-state index in [1.165, 1.54) is 0 Å². The molecule has 0 bridgehead atoms. The van der Waals surface area contributed by atoms with Crippen molar-refractivity contribution in [1.82, 2.24) is 9.97 Å². The minimum Gasteiger partial charge on any atom is -0.497 e. The summed E-state index contributed by atoms with van der Waals surface area (Å²) in [6.45, 7) is 5.38. The van der Waals surface area contributed by atoms with Crippen LogP contribution in [-0.2, 0) is 4.79 Å². The molecule has 3 aromatic rings. The molecular weight excluding hydrogens is 306 g/mol. The lowest BCUT2D eigenvalue weighted by molar-refractivity contribution is -0.123. The zero-order valence-electron chi connectivity index (χ0n) is 14.1. The van der Waals surface area contributed by atoms with Crippen LogP contribution in [0.4, 0.5) is 5.95 Å². The minimum atomic E-state index is -0.579. The number of carbonyl (C=O) groups is 1. The van der Waals surface area contributed by atoms with Crippen molar-refractivity contribution < 1.29 is 9.53 Å². The van der Waals surface area contributed by atoms with Crippen molar-refractivity contribution in [3.8, 4) is 5.75 Å². The van der Waals surface area contributed by atoms with Crippen LogP contribution in [0.25, 0.3) is 21.7 Å². The Morgan fingerprint density at radius 2 is 1.92 bits per heavy atom. The molecule has 1 amide bonds. The normalized spacial score (nSPS) is 11.7. The minimum absolute atomic E-state index is 0.148. The molecule has 124 valence electrons. The van der Waals surface area contributed by atoms with E-state index in [2.05, 4.69) is 15.3 Å². The van der Waals surface area contributed by atoms with E-state index in [1.807, 2.05) is 24.3 Å². The number of aromatic nitrogens is 2. The largest absolute Gasteiger partial charge is 0.497 e. The van der Waals surface area contributed by atoms with Gasteiger partial charge in [-0.15, -0.1) is 0 Å². The standard InChI is InChI=1S/C18H19N3O3/c1-18(2,3)16(23)21-17-19-13-8-6-10-5-7-11(24-4)9-12(10)14(13)15(22)20-17/h5-9H,1-4H3,(H2,19,20,21,22,23). The number of carbonyl (C=O) groups excluding carboxylic acids is 1. The summed E-state index contributed by atoms with van der Waals surface area (Å²) in [4.78, 5) is 31.7. The fourth-order valence-corrected chi connectivity index (χ4v) is 2.42. The van der Waals surface area contributed by atoms with Gasteiger partial charge in [0.1, 0.15) is 5.75 Å². The number of H-pyrrole nitrogens is 1. The molecule has 0 aliphatic carbocycles. The van der Waals surface area contributed by atoms with Gasteiger partial charge in [0.15, 0.2) is 0 Å². The number of nitrogens with one attached hydrogen (secondary N) is 2. The summed E-state index contributed by atoms with van der Waals surface area (Å²) in [5.74, 6) is 0.599. The lowest BCUT2D eigenvalue weighted by atomic mass is 9.96. The molecule has 1 heterocycles. The molecule has 0 radical (unpaired) electrons. The van der Waals surface area contributed by atoms with Crippen molar-refractivity contribution in [1.29, 1.82) is 0 Å². The van der Waals surface area contributed by atoms with Gasteiger partial charge in [-0.2, -0.15) is 0 Å². The van der Waals surface area contributed by atoms with E-state index in [0.717, 1.165) is 10.8 Å². The molecule has 0 unspecified atom stereocenters. The molecule has 6 nitrogen and oxygen atoms in total. The Balaban J connectivity index is 2.18. The average molecular weight is 325 g/mol. The van der Waals surface area contributed by atoms with Gasteiger partial charge in [0, 0.05) is 10.8 Å². The van der Waals surface area contributed by atoms with Gasteiger partial charge in [-0.1, -0.05) is 32.9 Å². The first-order chi connectivity index (χ1) is 11.3. The van der Waals surface area contributed by atoms with Gasteiger partial charge in [-0.3, -0.25) is 19.9 Å². The first-order valence-corrected chi connectivity index (χ1v) is 7.62. The monoisotopic (exact) mass is 325 g/mol. The van der Waals surface area contributed by atoms with E-state index >= 15 is 0 Å². The summed E-state index contributed by atoms with van der Waals surface area (Å²) < 4.78 is 5.24. The number of benzene rings is 2. The maximum atomic E-state index is 12.6. The zero-order chi connectivity index (χ0) is 17.5. The lowest BCUT2D eigenvalue weighted by Crippen LogP contribution is -2.29. The van der Waals surface area contributed by atoms with E-state index in [0.29, 0.717) is 16.7 Å². The molecule has 24 heavy (non-hydrogen) atoms. The Morgan fingerprint density at radius 1 is 1.21 bits per heavy atom. The van der Waals surface area contributed by atoms with Crippen molar-refractivity contribution >= 4 is 33.5 Å². The van der Waals surface area contributed by atoms with Gasteiger partial charge in [0.25, 0.3) is 5.56 Å². The summed E-state index contributed by atoms with van der Waals surface area (Å²) in [5.41, 5.74) is -0.364. The summed E-state index contributed by atoms with van der Waals surface area (Å²) in [6, 6.07) is 9.20. The molecular formula is C18H19N3O3. The molecule has 0 aliphatic rings. The lowest BCUT2D eigenvalue weighted by Gasteiger charge is -2.17. The fraction of sp³-hybridized carbons (Fsp3) is 0.278. The van der Waals surface area contributed by atoms with Crippen LogP contribution in [0.2, 0.25) is 0 Å². The van der Waals surface area contributed by atoms with Crippen LogP contribution >= 0.6 is 0 Å². The van der Waals surface area contributed by atoms with Crippen LogP contribution in [0.3, 0.4) is 0 Å². The Kier molecular flexibility index (Phi) is 3.75. The number of anilines is 1. The van der Waals surface area contributed by atoms with Crippen LogP contribution in [0.5, 0.6) is 5.75 Å². The number of ether oxygens (including phenoxy) is 1. The second-order valence-electron chi connectivity index (χ2n) is 6.67. The molecule has 0 saturated carbocycles. The second-order valence-corrected chi connectivity index (χ2v) is 6.67. The van der Waals surface area contributed by atoms with Crippen molar-refractivity contribution in [3.63, 3.8) is 0 Å². The van der Waals surface area contributed by atoms with Gasteiger partial charge in [-0.25, -0.2) is 4.98 Å². The number of rotatable bonds is 2. The van der Waals surface area contributed by atoms with Crippen LogP contribution in [-0.4, -0.2) is 23.0 Å². The smallest absolute Gasteiger partial charge is 0.260 e. The van der Waals surface area contributed by atoms with Crippen molar-refractivity contribution in [2.45, 2.75) is 20.8 Å². The highest BCUT2D eigenvalue weighted by Gasteiger charge is 2.22. The SMILES string of the molecule is COc1ccc2ccc3nc(NC(=O)C(C)(C)C)[nH]c(=O)c3c2c1. The average Bonchev–Trinajstić information content (AvgIpc) is 2.52. The second kappa shape index (κ2) is 5.63. The highest BCUT2D eigenvalue weighted by molar-refractivity contribution is 6.06. The van der Waals surface area contributed by atoms with Crippen LogP contribution < -0.4 is 15.6 Å². The number of hydrogen-bond donors (Lipinski definition) is 2. The van der Waals surface area contributed by atoms with Gasteiger partial charge in [0.05, 0.1) is 18.0 Å². The third kappa shape index (κ3) is 2.82. The molecule has 0 atom stereocenters. The van der Waals surface area contributed by atoms with E-state index in [-0.39, 0.29) is 17.4 Å². The molecule has 2 N–H and O–H groups in total. The van der Waals surface area contributed by atoms with Crippen LogP contribution in [0.15, 0.2) is 35.1 Å². The van der Waals surface area contributed by atoms with Gasteiger partial charge < -0.3 is 4.74 Å². The summed E-state index contributed by atoms with van der Waals surface area (Å²) in [6.07, 6.45) is 0. The third-order valence-electron chi connectivity index (χ3n) is 3.81. The first kappa shape index (κ1) is 16.0. The number of nitrogens with zero attached hydrogens (tertiary/aromatic N) is 1. The predicted octanol–water partition coefficient (Wildman–Crippen LogP) is 3.07. The van der Waals surface area contributed by atoms with Crippen LogP contribution in [0, 0.1) is 5.41 Å². The number of methoxy groups -OCH3 is 1. The molecule has 0 aliphatic heterocycles. The van der Waals surface area contributed by atoms with Crippen molar-refractivity contribution in [2.24, 2.45) is 5.41 Å². The quantitative estimate of drug-likeness (QED) is 0.709. The molecule has 0 spiro atoms. The van der Waals surface area contributed by atoms with E-state index in [9.17, 15) is 9.59 Å². The van der Waals surface area contributed by atoms with Crippen molar-refractivity contribution in [2.75, 3.05) is 12.4 Å². The zero-order valence-corrected chi connectivity index (χ0v) is 14.1. The maximum absolute atomic E-state index is 12.6. The Labute approximate surface area is 138 Å². The van der Waals surface area contributed by atoms with E-state index in [1.54, 1.807) is 33.9 Å². The molecule has 1 aromatic heterocycles. The molecule has 0 fully saturated rings. The number of amides is 1. The summed E-state index contributed by atoms with van der Waals surface area (Å²) in [5, 5.41) is 4.80. The molecule has 2 aromatic carbocycles. The topological polar surface area (TPSA) is 84.1 Å². The Morgan fingerprint density at radius 3 is 2.58 bits per heavy atom. The van der Waals surface area contributed by atoms with Gasteiger partial charge >= 0.3 is 0 Å². The fourth-order valence-electron chi connectivity index (χ4n) is 2.42. The number of hydrogen-bond acceptors (Lipinski definition) is 4. The van der Waals surface area contributed by atoms with E-state index < -0.39 is 5.41 Å². The Hall–Kier alpha value is -2.89. The van der Waals surface area contributed by atoms with Crippen LogP contribution in [0.1, 0.15) is 20.8 Å². The third-order valence-corrected chi connectivity index (χ3v) is 3.81. The molecule has 3 rings (SSSR count). The predicted molar refractivity (Wildman–Crippen MR) is 94.5 cm³/mol. The first-order valence-electron chi connectivity index (χ1n) is 7.62. The maximum Gasteiger partial charge on any atom is 0.260 e. The van der Waals surface area contributed by atoms with E-state index in [4.69, 9.17) is 4.74 Å². The van der Waals surface area contributed by atoms with Crippen molar-refractivity contribution in [3.05, 3.63) is 40.7 Å². The highest BCUT2D eigenvalue weighted by Crippen LogP contribution is 2.26. The molecule has 6 heteroatoms. The Bertz CT molecular complexity index is 1000. The molecule has 0 saturated heterocycles. The summed E-state index contributed by atoms with van der Waals surface area (Å²) >= 11 is 0. The number of aromatic amines is 1. The van der Waals surface area contributed by atoms with Gasteiger partial charge in [0.2, 0.25) is 11.9 Å². The summed E-state index contributed by atoms with van der Waals surface area (Å²) in [7, 11) is 1.58. The van der Waals surface area contributed by atoms with Gasteiger partial charge in [-0.05, 0) is 23.6 Å². The highest BCUT2D eigenvalue weighted by atomic mass is 16.5.